The van der Waals surface area contributed by atoms with Gasteiger partial charge in [-0.05, 0) is 6.92 Å². The fraction of sp³-hybridized carbons (Fsp3) is 0.556. The van der Waals surface area contributed by atoms with Gasteiger partial charge in [0.05, 0.1) is 5.54 Å². The molecular formula is C9H14N2. The third-order valence-electron chi connectivity index (χ3n) is 2.57. The quantitative estimate of drug-likeness (QED) is 0.525. The van der Waals surface area contributed by atoms with Gasteiger partial charge in [0.2, 0.25) is 0 Å². The highest BCUT2D eigenvalue weighted by Crippen LogP contribution is 2.27. The van der Waals surface area contributed by atoms with Gasteiger partial charge in [-0.15, -0.1) is 0 Å². The van der Waals surface area contributed by atoms with Gasteiger partial charge in [-0.2, -0.15) is 0 Å². The Morgan fingerprint density at radius 2 is 2.55 bits per heavy atom. The van der Waals surface area contributed by atoms with Crippen molar-refractivity contribution in [3.05, 3.63) is 23.8 Å². The molecule has 11 heavy (non-hydrogen) atoms. The standard InChI is InChI=1S/C9H14N2/c1-7-2-3-8-5-11-6-9(8,10)4-7/h2-4,8,11H,5-6,10H2,1H3. The zero-order valence-corrected chi connectivity index (χ0v) is 6.80. The fourth-order valence-electron chi connectivity index (χ4n) is 1.91. The SMILES string of the molecule is CC1=CC2(N)CNCC2C=C1. The van der Waals surface area contributed by atoms with Gasteiger partial charge in [0.25, 0.3) is 0 Å². The van der Waals surface area contributed by atoms with Crippen molar-refractivity contribution in [2.75, 3.05) is 13.1 Å². The molecule has 0 aromatic carbocycles. The van der Waals surface area contributed by atoms with Gasteiger partial charge >= 0.3 is 0 Å². The van der Waals surface area contributed by atoms with Crippen LogP contribution in [0.4, 0.5) is 0 Å². The highest BCUT2D eigenvalue weighted by Gasteiger charge is 2.37. The van der Waals surface area contributed by atoms with E-state index in [-0.39, 0.29) is 5.54 Å². The third kappa shape index (κ3) is 1.03. The fourth-order valence-corrected chi connectivity index (χ4v) is 1.91. The molecule has 2 aliphatic rings. The zero-order chi connectivity index (χ0) is 7.90. The summed E-state index contributed by atoms with van der Waals surface area (Å²) >= 11 is 0. The largest absolute Gasteiger partial charge is 0.320 e. The maximum atomic E-state index is 6.16. The molecule has 60 valence electrons. The number of allylic oxidation sites excluding steroid dienone is 2. The van der Waals surface area contributed by atoms with E-state index in [0.717, 1.165) is 13.1 Å². The molecule has 1 fully saturated rings. The first-order valence-electron chi connectivity index (χ1n) is 4.08. The molecule has 0 aromatic heterocycles. The summed E-state index contributed by atoms with van der Waals surface area (Å²) in [4.78, 5) is 0. The van der Waals surface area contributed by atoms with Crippen molar-refractivity contribution in [1.29, 1.82) is 0 Å². The van der Waals surface area contributed by atoms with Crippen molar-refractivity contribution in [1.82, 2.24) is 5.32 Å². The van der Waals surface area contributed by atoms with E-state index < -0.39 is 0 Å². The van der Waals surface area contributed by atoms with Gasteiger partial charge in [-0.3, -0.25) is 0 Å². The van der Waals surface area contributed by atoms with E-state index in [1.165, 1.54) is 5.57 Å². The monoisotopic (exact) mass is 150 g/mol. The summed E-state index contributed by atoms with van der Waals surface area (Å²) in [6, 6.07) is 0. The Hall–Kier alpha value is -0.600. The lowest BCUT2D eigenvalue weighted by Gasteiger charge is -2.28. The molecule has 2 unspecified atom stereocenters. The van der Waals surface area contributed by atoms with Crippen LogP contribution >= 0.6 is 0 Å². The molecule has 1 saturated heterocycles. The van der Waals surface area contributed by atoms with E-state index >= 15 is 0 Å². The molecule has 0 radical (unpaired) electrons. The van der Waals surface area contributed by atoms with Crippen LogP contribution in [0, 0.1) is 5.92 Å². The Morgan fingerprint density at radius 3 is 3.36 bits per heavy atom. The molecule has 0 bridgehead atoms. The molecular weight excluding hydrogens is 136 g/mol. The minimum absolute atomic E-state index is 0.0984. The molecule has 1 aliphatic heterocycles. The maximum Gasteiger partial charge on any atom is 0.0547 e. The summed E-state index contributed by atoms with van der Waals surface area (Å²) in [5.41, 5.74) is 7.35. The van der Waals surface area contributed by atoms with Gasteiger partial charge in [0, 0.05) is 19.0 Å². The first-order chi connectivity index (χ1) is 5.21. The topological polar surface area (TPSA) is 38.0 Å². The van der Waals surface area contributed by atoms with E-state index in [1.807, 2.05) is 0 Å². The van der Waals surface area contributed by atoms with Crippen molar-refractivity contribution < 1.29 is 0 Å². The lowest BCUT2D eigenvalue weighted by molar-refractivity contribution is 0.485. The minimum Gasteiger partial charge on any atom is -0.320 e. The number of nitrogens with two attached hydrogens (primary N) is 1. The second kappa shape index (κ2) is 2.19. The van der Waals surface area contributed by atoms with Crippen LogP contribution in [0.5, 0.6) is 0 Å². The van der Waals surface area contributed by atoms with E-state index in [4.69, 9.17) is 5.73 Å². The predicted octanol–water partition coefficient (Wildman–Crippen LogP) is 0.419. The molecule has 0 saturated carbocycles. The van der Waals surface area contributed by atoms with E-state index in [9.17, 15) is 0 Å². The normalized spacial score (nSPS) is 42.0. The Bertz CT molecular complexity index is 230. The van der Waals surface area contributed by atoms with E-state index in [1.54, 1.807) is 0 Å². The Kier molecular flexibility index (Phi) is 1.41. The summed E-state index contributed by atoms with van der Waals surface area (Å²) in [5.74, 6) is 0.506. The van der Waals surface area contributed by atoms with Crippen molar-refractivity contribution in [2.45, 2.75) is 12.5 Å². The maximum absolute atomic E-state index is 6.16. The van der Waals surface area contributed by atoms with Gasteiger partial charge in [0.1, 0.15) is 0 Å². The molecule has 2 nitrogen and oxygen atoms in total. The molecule has 3 N–H and O–H groups in total. The van der Waals surface area contributed by atoms with Gasteiger partial charge in [0.15, 0.2) is 0 Å². The summed E-state index contributed by atoms with van der Waals surface area (Å²) in [6.45, 7) is 4.04. The van der Waals surface area contributed by atoms with Crippen LogP contribution in [-0.4, -0.2) is 18.6 Å². The van der Waals surface area contributed by atoms with Crippen molar-refractivity contribution in [3.63, 3.8) is 0 Å². The average Bonchev–Trinajstić information content (AvgIpc) is 2.28. The molecule has 0 spiro atoms. The summed E-state index contributed by atoms with van der Waals surface area (Å²) in [6.07, 6.45) is 6.55. The number of fused-ring (bicyclic) bond motifs is 1. The summed E-state index contributed by atoms with van der Waals surface area (Å²) < 4.78 is 0. The highest BCUT2D eigenvalue weighted by molar-refractivity contribution is 5.32. The van der Waals surface area contributed by atoms with Crippen molar-refractivity contribution in [2.24, 2.45) is 11.7 Å². The molecule has 0 amide bonds. The van der Waals surface area contributed by atoms with Crippen molar-refractivity contribution in [3.8, 4) is 0 Å². The summed E-state index contributed by atoms with van der Waals surface area (Å²) in [5, 5.41) is 3.30. The van der Waals surface area contributed by atoms with Gasteiger partial charge in [-0.1, -0.05) is 23.8 Å². The van der Waals surface area contributed by atoms with Gasteiger partial charge < -0.3 is 11.1 Å². The third-order valence-corrected chi connectivity index (χ3v) is 2.57. The average molecular weight is 150 g/mol. The predicted molar refractivity (Wildman–Crippen MR) is 46.2 cm³/mol. The van der Waals surface area contributed by atoms with E-state index in [2.05, 4.69) is 30.5 Å². The Balaban J connectivity index is 2.33. The van der Waals surface area contributed by atoms with Crippen LogP contribution in [0.2, 0.25) is 0 Å². The van der Waals surface area contributed by atoms with Crippen LogP contribution in [0.1, 0.15) is 6.92 Å². The second-order valence-corrected chi connectivity index (χ2v) is 3.60. The molecule has 1 heterocycles. The highest BCUT2D eigenvalue weighted by atomic mass is 15.0. The molecule has 1 aliphatic carbocycles. The lowest BCUT2D eigenvalue weighted by atomic mass is 9.82. The number of hydrogen-bond acceptors (Lipinski definition) is 2. The smallest absolute Gasteiger partial charge is 0.0547 e. The lowest BCUT2D eigenvalue weighted by Crippen LogP contribution is -2.46. The van der Waals surface area contributed by atoms with Crippen LogP contribution in [-0.2, 0) is 0 Å². The van der Waals surface area contributed by atoms with Crippen LogP contribution in [0.15, 0.2) is 23.8 Å². The molecule has 2 rings (SSSR count). The number of nitrogens with one attached hydrogen (secondary N) is 1. The van der Waals surface area contributed by atoms with Crippen molar-refractivity contribution >= 4 is 0 Å². The van der Waals surface area contributed by atoms with Gasteiger partial charge in [-0.25, -0.2) is 0 Å². The zero-order valence-electron chi connectivity index (χ0n) is 6.80. The second-order valence-electron chi connectivity index (χ2n) is 3.60. The number of hydrogen-bond donors (Lipinski definition) is 2. The Morgan fingerprint density at radius 1 is 1.73 bits per heavy atom. The van der Waals surface area contributed by atoms with Crippen LogP contribution < -0.4 is 11.1 Å². The van der Waals surface area contributed by atoms with Crippen LogP contribution in [0.3, 0.4) is 0 Å². The van der Waals surface area contributed by atoms with E-state index in [0.29, 0.717) is 5.92 Å². The molecule has 2 atom stereocenters. The minimum atomic E-state index is -0.0984. The van der Waals surface area contributed by atoms with Crippen LogP contribution in [0.25, 0.3) is 0 Å². The number of rotatable bonds is 0. The Labute approximate surface area is 67.2 Å². The molecule has 2 heteroatoms. The first-order valence-corrected chi connectivity index (χ1v) is 4.08. The molecule has 0 aromatic rings. The first kappa shape index (κ1) is 7.07. The summed E-state index contributed by atoms with van der Waals surface area (Å²) in [7, 11) is 0.